The fourth-order valence-electron chi connectivity index (χ4n) is 2.86. The number of alkyl halides is 1. The lowest BCUT2D eigenvalue weighted by Crippen LogP contribution is -2.38. The van der Waals surface area contributed by atoms with Crippen LogP contribution < -0.4 is 4.74 Å². The summed E-state index contributed by atoms with van der Waals surface area (Å²) in [7, 11) is 1.67. The lowest BCUT2D eigenvalue weighted by molar-refractivity contribution is -0.130. The van der Waals surface area contributed by atoms with Crippen molar-refractivity contribution >= 4 is 34.0 Å². The van der Waals surface area contributed by atoms with Crippen molar-refractivity contribution in [1.82, 2.24) is 9.88 Å². The molecule has 1 unspecified atom stereocenters. The van der Waals surface area contributed by atoms with E-state index in [-0.39, 0.29) is 5.91 Å². The monoisotopic (exact) mass is 318 g/mol. The molecule has 0 radical (unpaired) electrons. The summed E-state index contributed by atoms with van der Waals surface area (Å²) in [5, 5.41) is 0.684. The molecule has 0 saturated heterocycles. The normalized spacial score (nSPS) is 16.5. The molecule has 0 fully saturated rings. The topological polar surface area (TPSA) is 45.3 Å². The van der Waals surface area contributed by atoms with Crippen LogP contribution in [0, 0.1) is 0 Å². The number of hydrogen-bond acceptors (Lipinski definition) is 2. The third-order valence-electron chi connectivity index (χ3n) is 4.10. The van der Waals surface area contributed by atoms with Gasteiger partial charge in [0.1, 0.15) is 11.1 Å². The smallest absolute Gasteiger partial charge is 0.240 e. The van der Waals surface area contributed by atoms with Gasteiger partial charge >= 0.3 is 0 Å². The summed E-state index contributed by atoms with van der Waals surface area (Å²) in [5.41, 5.74) is 3.52. The molecule has 0 spiro atoms. The molecular formula is C17H19ClN2O2. The van der Waals surface area contributed by atoms with Gasteiger partial charge in [-0.25, -0.2) is 0 Å². The fraction of sp³-hybridized carbons (Fsp3) is 0.353. The van der Waals surface area contributed by atoms with Crippen LogP contribution in [0.25, 0.3) is 16.5 Å². The molecule has 2 heterocycles. The Balaban J connectivity index is 1.88. The van der Waals surface area contributed by atoms with Crippen LogP contribution in [0.2, 0.25) is 0 Å². The maximum atomic E-state index is 11.9. The second kappa shape index (κ2) is 6.05. The Bertz CT molecular complexity index is 733. The largest absolute Gasteiger partial charge is 0.497 e. The summed E-state index contributed by atoms with van der Waals surface area (Å²) in [6.45, 7) is 3.04. The van der Waals surface area contributed by atoms with E-state index in [1.807, 2.05) is 24.4 Å². The van der Waals surface area contributed by atoms with Crippen LogP contribution in [-0.2, 0) is 4.79 Å². The molecule has 22 heavy (non-hydrogen) atoms. The average Bonchev–Trinajstić information content (AvgIpc) is 2.97. The van der Waals surface area contributed by atoms with Gasteiger partial charge in [0.15, 0.2) is 0 Å². The number of nitrogens with zero attached hydrogens (tertiary/aromatic N) is 1. The second-order valence-electron chi connectivity index (χ2n) is 5.49. The van der Waals surface area contributed by atoms with Gasteiger partial charge in [-0.3, -0.25) is 4.79 Å². The van der Waals surface area contributed by atoms with E-state index in [0.29, 0.717) is 13.1 Å². The first-order chi connectivity index (χ1) is 10.6. The first-order valence-electron chi connectivity index (χ1n) is 7.37. The molecule has 5 heteroatoms. The highest BCUT2D eigenvalue weighted by atomic mass is 35.5. The summed E-state index contributed by atoms with van der Waals surface area (Å²) in [5.74, 6) is 0.843. The van der Waals surface area contributed by atoms with Gasteiger partial charge in [-0.05, 0) is 37.1 Å². The van der Waals surface area contributed by atoms with Crippen LogP contribution in [0.4, 0.5) is 0 Å². The van der Waals surface area contributed by atoms with Crippen LogP contribution in [0.3, 0.4) is 0 Å². The molecule has 1 aliphatic heterocycles. The molecule has 1 amide bonds. The van der Waals surface area contributed by atoms with Gasteiger partial charge < -0.3 is 14.6 Å². The molecule has 4 nitrogen and oxygen atoms in total. The minimum atomic E-state index is -0.465. The zero-order chi connectivity index (χ0) is 15.7. The number of amides is 1. The molecule has 116 valence electrons. The van der Waals surface area contributed by atoms with Crippen molar-refractivity contribution in [2.24, 2.45) is 0 Å². The zero-order valence-electron chi connectivity index (χ0n) is 12.7. The van der Waals surface area contributed by atoms with E-state index in [0.717, 1.165) is 23.1 Å². The Morgan fingerprint density at radius 1 is 1.45 bits per heavy atom. The van der Waals surface area contributed by atoms with Crippen molar-refractivity contribution in [3.8, 4) is 5.75 Å². The molecule has 2 aromatic rings. The van der Waals surface area contributed by atoms with E-state index in [9.17, 15) is 4.79 Å². The van der Waals surface area contributed by atoms with E-state index in [1.54, 1.807) is 18.9 Å². The van der Waals surface area contributed by atoms with Crippen molar-refractivity contribution in [3.05, 3.63) is 36.0 Å². The van der Waals surface area contributed by atoms with Gasteiger partial charge in [0.2, 0.25) is 5.91 Å². The van der Waals surface area contributed by atoms with Crippen molar-refractivity contribution in [2.75, 3.05) is 20.2 Å². The van der Waals surface area contributed by atoms with Gasteiger partial charge in [0.25, 0.3) is 0 Å². The van der Waals surface area contributed by atoms with Crippen molar-refractivity contribution in [1.29, 1.82) is 0 Å². The second-order valence-corrected chi connectivity index (χ2v) is 6.15. The molecule has 0 bridgehead atoms. The minimum Gasteiger partial charge on any atom is -0.497 e. The van der Waals surface area contributed by atoms with Crippen molar-refractivity contribution in [3.63, 3.8) is 0 Å². The highest BCUT2D eigenvalue weighted by molar-refractivity contribution is 6.30. The first-order valence-corrected chi connectivity index (χ1v) is 7.81. The maximum absolute atomic E-state index is 11.9. The Morgan fingerprint density at radius 2 is 2.27 bits per heavy atom. The number of aromatic nitrogens is 1. The number of H-pyrrole nitrogens is 1. The standard InChI is InChI=1S/C17H19ClN2O2/c1-11(18)17(21)20-7-5-12(6-8-20)15-10-19-16-4-3-13(22-2)9-14(15)16/h3-5,9-11,19H,6-8H2,1-2H3. The Labute approximate surface area is 134 Å². The molecule has 3 rings (SSSR count). The number of rotatable bonds is 3. The van der Waals surface area contributed by atoms with E-state index >= 15 is 0 Å². The minimum absolute atomic E-state index is 0.00226. The third-order valence-corrected chi connectivity index (χ3v) is 4.28. The Kier molecular flexibility index (Phi) is 4.12. The van der Waals surface area contributed by atoms with Gasteiger partial charge in [-0.2, -0.15) is 0 Å². The van der Waals surface area contributed by atoms with Gasteiger partial charge in [0, 0.05) is 35.8 Å². The van der Waals surface area contributed by atoms with Crippen LogP contribution >= 0.6 is 11.6 Å². The molecule has 1 aromatic carbocycles. The number of benzene rings is 1. The number of halogens is 1. The van der Waals surface area contributed by atoms with Crippen LogP contribution in [0.5, 0.6) is 5.75 Å². The SMILES string of the molecule is COc1ccc2[nH]cc(C3=CCN(C(=O)C(C)Cl)CC3)c2c1. The lowest BCUT2D eigenvalue weighted by Gasteiger charge is -2.27. The number of methoxy groups -OCH3 is 1. The predicted molar refractivity (Wildman–Crippen MR) is 89.3 cm³/mol. The van der Waals surface area contributed by atoms with E-state index in [2.05, 4.69) is 11.1 Å². The molecule has 1 atom stereocenters. The number of nitrogens with one attached hydrogen (secondary N) is 1. The number of fused-ring (bicyclic) bond motifs is 1. The number of aromatic amines is 1. The predicted octanol–water partition coefficient (Wildman–Crippen LogP) is 3.42. The highest BCUT2D eigenvalue weighted by Gasteiger charge is 2.22. The quantitative estimate of drug-likeness (QED) is 0.881. The van der Waals surface area contributed by atoms with Crippen LogP contribution in [0.1, 0.15) is 18.9 Å². The van der Waals surface area contributed by atoms with Crippen molar-refractivity contribution < 1.29 is 9.53 Å². The van der Waals surface area contributed by atoms with E-state index < -0.39 is 5.38 Å². The van der Waals surface area contributed by atoms with Crippen molar-refractivity contribution in [2.45, 2.75) is 18.7 Å². The van der Waals surface area contributed by atoms with Gasteiger partial charge in [-0.1, -0.05) is 6.08 Å². The molecule has 0 saturated carbocycles. The van der Waals surface area contributed by atoms with Crippen LogP contribution in [-0.4, -0.2) is 41.4 Å². The van der Waals surface area contributed by atoms with Gasteiger partial charge in [-0.15, -0.1) is 11.6 Å². The summed E-state index contributed by atoms with van der Waals surface area (Å²) in [6, 6.07) is 6.01. The molecule has 1 aliphatic rings. The summed E-state index contributed by atoms with van der Waals surface area (Å²) < 4.78 is 5.31. The van der Waals surface area contributed by atoms with Gasteiger partial charge in [0.05, 0.1) is 7.11 Å². The van der Waals surface area contributed by atoms with E-state index in [4.69, 9.17) is 16.3 Å². The fourth-order valence-corrected chi connectivity index (χ4v) is 3.00. The number of hydrogen-bond donors (Lipinski definition) is 1. The van der Waals surface area contributed by atoms with E-state index in [1.165, 1.54) is 11.1 Å². The Hall–Kier alpha value is -1.94. The molecule has 1 aromatic heterocycles. The summed E-state index contributed by atoms with van der Waals surface area (Å²) in [4.78, 5) is 17.0. The maximum Gasteiger partial charge on any atom is 0.240 e. The molecule has 1 N–H and O–H groups in total. The Morgan fingerprint density at radius 3 is 2.91 bits per heavy atom. The number of carbonyl (C=O) groups excluding carboxylic acids is 1. The summed E-state index contributed by atoms with van der Waals surface area (Å²) >= 11 is 5.88. The third kappa shape index (κ3) is 2.71. The molecule has 0 aliphatic carbocycles. The van der Waals surface area contributed by atoms with Crippen LogP contribution in [0.15, 0.2) is 30.5 Å². The lowest BCUT2D eigenvalue weighted by atomic mass is 9.98. The zero-order valence-corrected chi connectivity index (χ0v) is 13.5. The summed E-state index contributed by atoms with van der Waals surface area (Å²) in [6.07, 6.45) is 4.97. The average molecular weight is 319 g/mol. The number of ether oxygens (including phenoxy) is 1. The number of carbonyl (C=O) groups is 1. The first kappa shape index (κ1) is 15.0. The molecular weight excluding hydrogens is 300 g/mol. The highest BCUT2D eigenvalue weighted by Crippen LogP contribution is 2.31.